The minimum atomic E-state index is -0.462. The molecule has 4 rings (SSSR count). The van der Waals surface area contributed by atoms with Gasteiger partial charge in [-0.1, -0.05) is 23.5 Å². The van der Waals surface area contributed by atoms with Crippen LogP contribution in [0.1, 0.15) is 24.2 Å². The van der Waals surface area contributed by atoms with Crippen molar-refractivity contribution in [2.45, 2.75) is 39.3 Å². The summed E-state index contributed by atoms with van der Waals surface area (Å²) in [6.45, 7) is 4.18. The van der Waals surface area contributed by atoms with Gasteiger partial charge in [0.05, 0.1) is 27.8 Å². The van der Waals surface area contributed by atoms with E-state index in [4.69, 9.17) is 4.74 Å². The standard InChI is InChI=1S/C19H21N5O4S/c1-12-18(24(26)27)13(2)23(21-12)11-17(25)22(10-14-6-5-9-28-14)19-20-15-7-3-4-8-16(15)29-19/h3-4,7-8,14H,5-6,9-11H2,1-2H3. The first-order valence-electron chi connectivity index (χ1n) is 9.40. The maximum Gasteiger partial charge on any atom is 0.312 e. The first kappa shape index (κ1) is 19.5. The third-order valence-corrected chi connectivity index (χ3v) is 6.10. The first-order valence-corrected chi connectivity index (χ1v) is 10.2. The Balaban J connectivity index is 1.64. The minimum absolute atomic E-state index is 0.0410. The van der Waals surface area contributed by atoms with Crippen molar-refractivity contribution in [3.05, 3.63) is 45.8 Å². The summed E-state index contributed by atoms with van der Waals surface area (Å²) in [6.07, 6.45) is 1.82. The summed E-state index contributed by atoms with van der Waals surface area (Å²) in [6, 6.07) is 7.72. The second-order valence-corrected chi connectivity index (χ2v) is 8.05. The molecule has 0 bridgehead atoms. The monoisotopic (exact) mass is 415 g/mol. The van der Waals surface area contributed by atoms with Crippen molar-refractivity contribution in [2.75, 3.05) is 18.1 Å². The molecule has 1 aliphatic heterocycles. The second kappa shape index (κ2) is 7.88. The number of aromatic nitrogens is 3. The zero-order valence-electron chi connectivity index (χ0n) is 16.2. The number of ether oxygens (including phenoxy) is 1. The molecule has 29 heavy (non-hydrogen) atoms. The van der Waals surface area contributed by atoms with Crippen molar-refractivity contribution in [1.29, 1.82) is 0 Å². The van der Waals surface area contributed by atoms with E-state index in [2.05, 4.69) is 10.1 Å². The maximum absolute atomic E-state index is 13.2. The van der Waals surface area contributed by atoms with Crippen LogP contribution < -0.4 is 4.90 Å². The number of hydrogen-bond donors (Lipinski definition) is 0. The lowest BCUT2D eigenvalue weighted by molar-refractivity contribution is -0.386. The van der Waals surface area contributed by atoms with E-state index in [0.717, 1.165) is 23.1 Å². The van der Waals surface area contributed by atoms with Crippen LogP contribution in [0.25, 0.3) is 10.2 Å². The van der Waals surface area contributed by atoms with Gasteiger partial charge in [0, 0.05) is 6.61 Å². The molecule has 1 atom stereocenters. The Morgan fingerprint density at radius 1 is 1.41 bits per heavy atom. The molecular weight excluding hydrogens is 394 g/mol. The SMILES string of the molecule is Cc1nn(CC(=O)N(CC2CCCO2)c2nc3ccccc3s2)c(C)c1[N+](=O)[O-]. The molecule has 3 heterocycles. The summed E-state index contributed by atoms with van der Waals surface area (Å²) >= 11 is 1.45. The van der Waals surface area contributed by atoms with Crippen molar-refractivity contribution in [3.8, 4) is 0 Å². The third-order valence-electron chi connectivity index (χ3n) is 5.04. The lowest BCUT2D eigenvalue weighted by Crippen LogP contribution is -2.39. The highest BCUT2D eigenvalue weighted by atomic mass is 32.1. The molecular formula is C19H21N5O4S. The van der Waals surface area contributed by atoms with Gasteiger partial charge in [-0.15, -0.1) is 0 Å². The van der Waals surface area contributed by atoms with Crippen LogP contribution in [0.4, 0.5) is 10.8 Å². The lowest BCUT2D eigenvalue weighted by atomic mass is 10.2. The van der Waals surface area contributed by atoms with Crippen molar-refractivity contribution >= 4 is 38.3 Å². The molecule has 1 aliphatic rings. The highest BCUT2D eigenvalue weighted by Gasteiger charge is 2.28. The van der Waals surface area contributed by atoms with Gasteiger partial charge in [0.15, 0.2) is 5.13 Å². The Morgan fingerprint density at radius 2 is 2.21 bits per heavy atom. The molecule has 152 valence electrons. The van der Waals surface area contributed by atoms with Gasteiger partial charge in [0.25, 0.3) is 5.91 Å². The van der Waals surface area contributed by atoms with Gasteiger partial charge >= 0.3 is 5.69 Å². The molecule has 1 amide bonds. The summed E-state index contributed by atoms with van der Waals surface area (Å²) in [5, 5.41) is 16.1. The Labute approximate surface area is 171 Å². The molecule has 0 aliphatic carbocycles. The van der Waals surface area contributed by atoms with Gasteiger partial charge in [-0.3, -0.25) is 24.5 Å². The summed E-state index contributed by atoms with van der Waals surface area (Å²) in [5.74, 6) is -0.222. The van der Waals surface area contributed by atoms with Crippen LogP contribution in [-0.4, -0.2) is 44.9 Å². The highest BCUT2D eigenvalue weighted by Crippen LogP contribution is 2.30. The molecule has 0 N–H and O–H groups in total. The van der Waals surface area contributed by atoms with Crippen LogP contribution in [0.5, 0.6) is 0 Å². The van der Waals surface area contributed by atoms with E-state index in [1.54, 1.807) is 18.7 Å². The summed E-state index contributed by atoms with van der Waals surface area (Å²) in [4.78, 5) is 30.3. The largest absolute Gasteiger partial charge is 0.376 e. The molecule has 0 spiro atoms. The molecule has 3 aromatic rings. The molecule has 1 fully saturated rings. The molecule has 0 saturated carbocycles. The number of carbonyl (C=O) groups excluding carboxylic acids is 1. The normalized spacial score (nSPS) is 16.4. The number of thiazole rings is 1. The number of nitro groups is 1. The number of fused-ring (bicyclic) bond motifs is 1. The highest BCUT2D eigenvalue weighted by molar-refractivity contribution is 7.22. The van der Waals surface area contributed by atoms with Crippen LogP contribution in [0.2, 0.25) is 0 Å². The predicted octanol–water partition coefficient (Wildman–Crippen LogP) is 3.23. The average Bonchev–Trinajstić information content (AvgIpc) is 3.39. The number of aryl methyl sites for hydroxylation is 1. The summed E-state index contributed by atoms with van der Waals surface area (Å²) < 4.78 is 8.12. The van der Waals surface area contributed by atoms with Gasteiger partial charge in [0.1, 0.15) is 17.9 Å². The second-order valence-electron chi connectivity index (χ2n) is 7.04. The Morgan fingerprint density at radius 3 is 2.86 bits per heavy atom. The molecule has 2 aromatic heterocycles. The van der Waals surface area contributed by atoms with Crippen molar-refractivity contribution in [2.24, 2.45) is 0 Å². The fourth-order valence-electron chi connectivity index (χ4n) is 3.57. The van der Waals surface area contributed by atoms with Crippen LogP contribution >= 0.6 is 11.3 Å². The van der Waals surface area contributed by atoms with E-state index < -0.39 is 4.92 Å². The Kier molecular flexibility index (Phi) is 5.29. The van der Waals surface area contributed by atoms with Crippen molar-refractivity contribution < 1.29 is 14.5 Å². The number of para-hydroxylation sites is 1. The Bertz CT molecular complexity index is 1040. The third kappa shape index (κ3) is 3.85. The van der Waals surface area contributed by atoms with Gasteiger partial charge in [-0.05, 0) is 38.8 Å². The number of amides is 1. The van der Waals surface area contributed by atoms with Crippen molar-refractivity contribution in [3.63, 3.8) is 0 Å². The number of hydrogen-bond acceptors (Lipinski definition) is 7. The zero-order valence-corrected chi connectivity index (χ0v) is 17.0. The quantitative estimate of drug-likeness (QED) is 0.452. The number of nitrogens with zero attached hydrogens (tertiary/aromatic N) is 5. The van der Waals surface area contributed by atoms with Crippen LogP contribution in [0, 0.1) is 24.0 Å². The number of anilines is 1. The van der Waals surface area contributed by atoms with Gasteiger partial charge in [-0.2, -0.15) is 5.10 Å². The minimum Gasteiger partial charge on any atom is -0.376 e. The van der Waals surface area contributed by atoms with E-state index >= 15 is 0 Å². The van der Waals surface area contributed by atoms with Crippen LogP contribution in [-0.2, 0) is 16.1 Å². The molecule has 1 saturated heterocycles. The first-order chi connectivity index (χ1) is 13.9. The fraction of sp³-hybridized carbons (Fsp3) is 0.421. The average molecular weight is 415 g/mol. The topological polar surface area (TPSA) is 103 Å². The van der Waals surface area contributed by atoms with E-state index in [-0.39, 0.29) is 24.2 Å². The van der Waals surface area contributed by atoms with Gasteiger partial charge < -0.3 is 4.74 Å². The Hall–Kier alpha value is -2.85. The molecule has 10 heteroatoms. The van der Waals surface area contributed by atoms with Crippen LogP contribution in [0.15, 0.2) is 24.3 Å². The van der Waals surface area contributed by atoms with Gasteiger partial charge in [-0.25, -0.2) is 4.98 Å². The maximum atomic E-state index is 13.2. The number of benzene rings is 1. The molecule has 9 nitrogen and oxygen atoms in total. The smallest absolute Gasteiger partial charge is 0.312 e. The van der Waals surface area contributed by atoms with Crippen molar-refractivity contribution in [1.82, 2.24) is 14.8 Å². The molecule has 1 unspecified atom stereocenters. The number of rotatable bonds is 6. The van der Waals surface area contributed by atoms with Crippen LogP contribution in [0.3, 0.4) is 0 Å². The predicted molar refractivity (Wildman–Crippen MR) is 109 cm³/mol. The summed E-state index contributed by atoms with van der Waals surface area (Å²) in [7, 11) is 0. The summed E-state index contributed by atoms with van der Waals surface area (Å²) in [5.41, 5.74) is 1.44. The zero-order chi connectivity index (χ0) is 20.5. The lowest BCUT2D eigenvalue weighted by Gasteiger charge is -2.23. The van der Waals surface area contributed by atoms with E-state index in [9.17, 15) is 14.9 Å². The number of carbonyl (C=O) groups is 1. The van der Waals surface area contributed by atoms with E-state index in [0.29, 0.717) is 29.7 Å². The molecule has 1 aromatic carbocycles. The van der Waals surface area contributed by atoms with Gasteiger partial charge in [0.2, 0.25) is 0 Å². The molecule has 0 radical (unpaired) electrons. The van der Waals surface area contributed by atoms with E-state index in [1.807, 2.05) is 24.3 Å². The fourth-order valence-corrected chi connectivity index (χ4v) is 4.57. The van der Waals surface area contributed by atoms with E-state index in [1.165, 1.54) is 16.0 Å².